The number of aromatic carboxylic acids is 1. The number of carbonyl (C=O) groups is 1. The molecule has 1 unspecified atom stereocenters. The molecule has 15 heavy (non-hydrogen) atoms. The zero-order chi connectivity index (χ0) is 11.6. The highest BCUT2D eigenvalue weighted by atomic mass is 32.2. The van der Waals surface area contributed by atoms with Crippen LogP contribution < -0.4 is 0 Å². The summed E-state index contributed by atoms with van der Waals surface area (Å²) in [5.41, 5.74) is 0.324. The molecule has 0 spiro atoms. The molecular formula is C12H16O2S. The molecule has 1 N–H and O–H groups in total. The topological polar surface area (TPSA) is 37.3 Å². The van der Waals surface area contributed by atoms with Crippen molar-refractivity contribution in [2.24, 2.45) is 0 Å². The number of carboxylic acid groups (broad SMARTS) is 1. The maximum Gasteiger partial charge on any atom is 0.335 e. The highest BCUT2D eigenvalue weighted by Gasteiger charge is 2.15. The van der Waals surface area contributed by atoms with Crippen LogP contribution in [-0.2, 0) is 0 Å². The van der Waals surface area contributed by atoms with Gasteiger partial charge in [0.1, 0.15) is 0 Å². The monoisotopic (exact) mass is 224 g/mol. The molecule has 0 heterocycles. The molecule has 0 radical (unpaired) electrons. The summed E-state index contributed by atoms with van der Waals surface area (Å²) >= 11 is 0. The van der Waals surface area contributed by atoms with Gasteiger partial charge in [0.15, 0.2) is 0 Å². The average Bonchev–Trinajstić information content (AvgIpc) is 2.15. The molecule has 1 rings (SSSR count). The van der Waals surface area contributed by atoms with Crippen molar-refractivity contribution in [2.75, 3.05) is 0 Å². The Balaban J connectivity index is 3.00. The Morgan fingerprint density at radius 2 is 1.73 bits per heavy atom. The summed E-state index contributed by atoms with van der Waals surface area (Å²) in [4.78, 5) is 11.8. The summed E-state index contributed by atoms with van der Waals surface area (Å²) < 4.78 is 0.116. The van der Waals surface area contributed by atoms with E-state index in [4.69, 9.17) is 5.11 Å². The van der Waals surface area contributed by atoms with Crippen molar-refractivity contribution in [2.45, 2.75) is 30.4 Å². The zero-order valence-corrected chi connectivity index (χ0v) is 10.1. The molecule has 0 aliphatic rings. The summed E-state index contributed by atoms with van der Waals surface area (Å²) in [5, 5.41) is 8.76. The van der Waals surface area contributed by atoms with Gasteiger partial charge in [-0.3, -0.25) is 0 Å². The second kappa shape index (κ2) is 4.19. The summed E-state index contributed by atoms with van der Waals surface area (Å²) in [6, 6.07) is 6.97. The Morgan fingerprint density at radius 1 is 1.27 bits per heavy atom. The molecule has 0 aliphatic heterocycles. The van der Waals surface area contributed by atoms with Crippen molar-refractivity contribution >= 4 is 22.3 Å². The first kappa shape index (κ1) is 12.0. The van der Waals surface area contributed by atoms with Crippen LogP contribution in [0.15, 0.2) is 29.2 Å². The fourth-order valence-corrected chi connectivity index (χ4v) is 2.29. The summed E-state index contributed by atoms with van der Waals surface area (Å²) in [7, 11) is -0.115. The fourth-order valence-electron chi connectivity index (χ4n) is 1.12. The maximum absolute atomic E-state index is 10.7. The van der Waals surface area contributed by atoms with E-state index in [0.717, 1.165) is 4.90 Å². The second-order valence-corrected chi connectivity index (χ2v) is 6.81. The van der Waals surface area contributed by atoms with E-state index in [1.165, 1.54) is 0 Å². The SMILES string of the molecule is C=S(c1ccc(C(=O)O)cc1)C(C)(C)C. The fraction of sp³-hybridized carbons (Fsp3) is 0.333. The number of hydrogen-bond acceptors (Lipinski definition) is 1. The molecule has 82 valence electrons. The van der Waals surface area contributed by atoms with Crippen LogP contribution in [0, 0.1) is 0 Å². The van der Waals surface area contributed by atoms with Gasteiger partial charge in [0.2, 0.25) is 0 Å². The van der Waals surface area contributed by atoms with Crippen molar-refractivity contribution in [1.82, 2.24) is 0 Å². The number of hydrogen-bond donors (Lipinski definition) is 1. The Hall–Kier alpha value is -1.09. The lowest BCUT2D eigenvalue weighted by Crippen LogP contribution is -2.10. The normalized spacial score (nSPS) is 13.5. The smallest absolute Gasteiger partial charge is 0.335 e. The van der Waals surface area contributed by atoms with E-state index in [1.807, 2.05) is 12.1 Å². The molecule has 0 aliphatic carbocycles. The van der Waals surface area contributed by atoms with Gasteiger partial charge < -0.3 is 5.11 Å². The van der Waals surface area contributed by atoms with Crippen molar-refractivity contribution in [1.29, 1.82) is 0 Å². The predicted octanol–water partition coefficient (Wildman–Crippen LogP) is 3.24. The molecule has 0 saturated heterocycles. The van der Waals surface area contributed by atoms with Crippen LogP contribution in [0.1, 0.15) is 31.1 Å². The highest BCUT2D eigenvalue weighted by Crippen LogP contribution is 2.37. The van der Waals surface area contributed by atoms with Crippen molar-refractivity contribution in [3.63, 3.8) is 0 Å². The van der Waals surface area contributed by atoms with Crippen LogP contribution in [0.25, 0.3) is 0 Å². The summed E-state index contributed by atoms with van der Waals surface area (Å²) in [6.45, 7) is 6.40. The zero-order valence-electron chi connectivity index (χ0n) is 9.28. The van der Waals surface area contributed by atoms with E-state index in [0.29, 0.717) is 5.56 Å². The third kappa shape index (κ3) is 2.93. The van der Waals surface area contributed by atoms with Gasteiger partial charge in [0.25, 0.3) is 0 Å². The van der Waals surface area contributed by atoms with Gasteiger partial charge in [-0.05, 0) is 24.3 Å². The van der Waals surface area contributed by atoms with Gasteiger partial charge in [-0.1, -0.05) is 26.6 Å². The maximum atomic E-state index is 10.7. The lowest BCUT2D eigenvalue weighted by molar-refractivity contribution is 0.0697. The van der Waals surface area contributed by atoms with Crippen molar-refractivity contribution in [3.05, 3.63) is 29.8 Å². The first-order chi connectivity index (χ1) is 6.82. The summed E-state index contributed by atoms with van der Waals surface area (Å²) in [5.74, 6) is 3.25. The Labute approximate surface area is 92.9 Å². The quantitative estimate of drug-likeness (QED) is 0.783. The Bertz CT molecular complexity index is 385. The second-order valence-electron chi connectivity index (χ2n) is 4.33. The Kier molecular flexibility index (Phi) is 3.35. The van der Waals surface area contributed by atoms with Crippen LogP contribution in [0.3, 0.4) is 0 Å². The molecule has 1 aromatic carbocycles. The number of carboxylic acids is 1. The van der Waals surface area contributed by atoms with Gasteiger partial charge in [0, 0.05) is 9.64 Å². The van der Waals surface area contributed by atoms with E-state index < -0.39 is 5.97 Å². The van der Waals surface area contributed by atoms with Crippen LogP contribution in [0.2, 0.25) is 0 Å². The molecule has 1 aromatic rings. The van der Waals surface area contributed by atoms with E-state index in [1.54, 1.807) is 12.1 Å². The van der Waals surface area contributed by atoms with Gasteiger partial charge in [-0.25, -0.2) is 4.79 Å². The van der Waals surface area contributed by atoms with Gasteiger partial charge in [-0.15, -0.1) is 0 Å². The largest absolute Gasteiger partial charge is 0.478 e. The third-order valence-corrected chi connectivity index (χ3v) is 4.44. The lowest BCUT2D eigenvalue weighted by Gasteiger charge is -2.23. The molecule has 1 atom stereocenters. The molecular weight excluding hydrogens is 208 g/mol. The molecule has 0 fully saturated rings. The standard InChI is InChI=1S/C12H16O2S/c1-12(2,3)15(4)10-7-5-9(6-8-10)11(13)14/h5-8H,4H2,1-3H3,(H,13,14). The van der Waals surface area contributed by atoms with Crippen LogP contribution >= 0.6 is 10.5 Å². The van der Waals surface area contributed by atoms with Crippen LogP contribution in [-0.4, -0.2) is 21.7 Å². The third-order valence-electron chi connectivity index (χ3n) is 2.12. The first-order valence-electron chi connectivity index (χ1n) is 4.70. The van der Waals surface area contributed by atoms with Crippen LogP contribution in [0.4, 0.5) is 0 Å². The molecule has 3 heteroatoms. The van der Waals surface area contributed by atoms with Crippen molar-refractivity contribution < 1.29 is 9.90 Å². The minimum absolute atomic E-state index is 0.115. The average molecular weight is 224 g/mol. The van der Waals surface area contributed by atoms with Gasteiger partial charge >= 0.3 is 5.97 Å². The molecule has 2 nitrogen and oxygen atoms in total. The van der Waals surface area contributed by atoms with E-state index >= 15 is 0 Å². The molecule has 0 saturated carbocycles. The lowest BCUT2D eigenvalue weighted by atomic mass is 10.2. The number of benzene rings is 1. The summed E-state index contributed by atoms with van der Waals surface area (Å²) in [6.07, 6.45) is 0. The van der Waals surface area contributed by atoms with Gasteiger partial charge in [0.05, 0.1) is 5.56 Å². The number of rotatable bonds is 2. The first-order valence-corrected chi connectivity index (χ1v) is 6.09. The van der Waals surface area contributed by atoms with Crippen LogP contribution in [0.5, 0.6) is 0 Å². The van der Waals surface area contributed by atoms with E-state index in [9.17, 15) is 4.79 Å². The van der Waals surface area contributed by atoms with E-state index in [2.05, 4.69) is 26.6 Å². The molecule has 0 aromatic heterocycles. The minimum atomic E-state index is -0.888. The minimum Gasteiger partial charge on any atom is -0.478 e. The predicted molar refractivity (Wildman–Crippen MR) is 66.1 cm³/mol. The highest BCUT2D eigenvalue weighted by molar-refractivity contribution is 8.15. The Morgan fingerprint density at radius 3 is 2.07 bits per heavy atom. The molecule has 0 bridgehead atoms. The van der Waals surface area contributed by atoms with E-state index in [-0.39, 0.29) is 15.2 Å². The van der Waals surface area contributed by atoms with Gasteiger partial charge in [-0.2, -0.15) is 10.5 Å². The molecule has 0 amide bonds. The van der Waals surface area contributed by atoms with Crippen molar-refractivity contribution in [3.8, 4) is 0 Å².